The van der Waals surface area contributed by atoms with Crippen LogP contribution in [0, 0.1) is 11.3 Å². The van der Waals surface area contributed by atoms with Crippen LogP contribution in [0.4, 0.5) is 0 Å². The summed E-state index contributed by atoms with van der Waals surface area (Å²) in [6, 6.07) is 10.6. The van der Waals surface area contributed by atoms with Gasteiger partial charge in [-0.2, -0.15) is 20.3 Å². The summed E-state index contributed by atoms with van der Waals surface area (Å²) in [5.41, 5.74) is 1.41. The molecule has 0 radical (unpaired) electrons. The van der Waals surface area contributed by atoms with Crippen LogP contribution in [0.2, 0.25) is 0 Å². The van der Waals surface area contributed by atoms with Crippen molar-refractivity contribution in [2.75, 3.05) is 6.54 Å². The molecule has 9 heteroatoms. The Bertz CT molecular complexity index is 1140. The molecule has 1 aromatic carbocycles. The number of hydrogen-bond acceptors (Lipinski definition) is 7. The van der Waals surface area contributed by atoms with Gasteiger partial charge in [0.05, 0.1) is 41.3 Å². The largest absolute Gasteiger partial charge is 0.472 e. The van der Waals surface area contributed by atoms with Gasteiger partial charge in [-0.05, 0) is 38.0 Å². The van der Waals surface area contributed by atoms with Gasteiger partial charge in [0.25, 0.3) is 5.91 Å². The number of hydrogen-bond donors (Lipinski definition) is 0. The molecule has 156 valence electrons. The number of para-hydroxylation sites is 1. The SMILES string of the molecule is CC1CCC(Oc2nccc(C#N)c2C=O)CN1C(=O)c1ccccc1-n1nccn1. The second-order valence-electron chi connectivity index (χ2n) is 7.27. The Morgan fingerprint density at radius 1 is 1.19 bits per heavy atom. The van der Waals surface area contributed by atoms with Gasteiger partial charge in [0.2, 0.25) is 5.88 Å². The summed E-state index contributed by atoms with van der Waals surface area (Å²) in [6.07, 6.45) is 6.20. The summed E-state index contributed by atoms with van der Waals surface area (Å²) in [5.74, 6) is -0.0369. The fourth-order valence-corrected chi connectivity index (χ4v) is 3.69. The molecule has 3 heterocycles. The molecule has 0 N–H and O–H groups in total. The predicted molar refractivity (Wildman–Crippen MR) is 110 cm³/mol. The number of pyridine rings is 1. The standard InChI is InChI=1S/C22H20N6O3/c1-15-6-7-17(31-21-19(14-29)16(12-23)8-9-24-21)13-27(15)22(30)18-4-2-3-5-20(18)28-25-10-11-26-28/h2-5,8-11,14-15,17H,6-7,13H2,1H3. The van der Waals surface area contributed by atoms with Crippen molar-refractivity contribution in [3.8, 4) is 17.6 Å². The van der Waals surface area contributed by atoms with Crippen molar-refractivity contribution < 1.29 is 14.3 Å². The summed E-state index contributed by atoms with van der Waals surface area (Å²) < 4.78 is 5.97. The first kappa shape index (κ1) is 20.2. The zero-order valence-electron chi connectivity index (χ0n) is 16.9. The lowest BCUT2D eigenvalue weighted by Crippen LogP contribution is -2.49. The number of aromatic nitrogens is 4. The van der Waals surface area contributed by atoms with Gasteiger partial charge in [-0.1, -0.05) is 12.1 Å². The molecule has 31 heavy (non-hydrogen) atoms. The zero-order chi connectivity index (χ0) is 21.8. The van der Waals surface area contributed by atoms with Crippen LogP contribution in [0.3, 0.4) is 0 Å². The fourth-order valence-electron chi connectivity index (χ4n) is 3.69. The first-order valence-electron chi connectivity index (χ1n) is 9.90. The molecule has 2 unspecified atom stereocenters. The van der Waals surface area contributed by atoms with Gasteiger partial charge in [0.1, 0.15) is 12.2 Å². The summed E-state index contributed by atoms with van der Waals surface area (Å²) in [4.78, 5) is 32.2. The van der Waals surface area contributed by atoms with Crippen molar-refractivity contribution in [2.45, 2.75) is 31.9 Å². The topological polar surface area (TPSA) is 114 Å². The highest BCUT2D eigenvalue weighted by molar-refractivity contribution is 5.98. The van der Waals surface area contributed by atoms with E-state index in [4.69, 9.17) is 4.74 Å². The maximum absolute atomic E-state index is 13.4. The molecule has 1 aliphatic rings. The number of ether oxygens (including phenoxy) is 1. The smallest absolute Gasteiger partial charge is 0.256 e. The summed E-state index contributed by atoms with van der Waals surface area (Å²) >= 11 is 0. The highest BCUT2D eigenvalue weighted by atomic mass is 16.5. The first-order chi connectivity index (χ1) is 15.1. The number of amides is 1. The van der Waals surface area contributed by atoms with Crippen molar-refractivity contribution in [3.63, 3.8) is 0 Å². The third kappa shape index (κ3) is 4.00. The molecule has 1 amide bonds. The lowest BCUT2D eigenvalue weighted by Gasteiger charge is -2.38. The number of rotatable bonds is 5. The van der Waals surface area contributed by atoms with E-state index in [1.807, 2.05) is 19.1 Å². The molecule has 1 saturated heterocycles. The van der Waals surface area contributed by atoms with Crippen LogP contribution in [0.1, 0.15) is 46.0 Å². The monoisotopic (exact) mass is 416 g/mol. The van der Waals surface area contributed by atoms with E-state index in [1.165, 1.54) is 17.1 Å². The average molecular weight is 416 g/mol. The number of likely N-dealkylation sites (tertiary alicyclic amines) is 1. The molecule has 1 fully saturated rings. The predicted octanol–water partition coefficient (Wildman–Crippen LogP) is 2.42. The Balaban J connectivity index is 1.58. The number of carbonyl (C=O) groups is 2. The van der Waals surface area contributed by atoms with E-state index in [0.717, 1.165) is 6.42 Å². The molecule has 1 aliphatic heterocycles. The van der Waals surface area contributed by atoms with Crippen molar-refractivity contribution in [1.82, 2.24) is 24.9 Å². The molecule has 0 aliphatic carbocycles. The third-order valence-electron chi connectivity index (χ3n) is 5.34. The maximum atomic E-state index is 13.4. The minimum atomic E-state index is -0.352. The minimum Gasteiger partial charge on any atom is -0.472 e. The van der Waals surface area contributed by atoms with Crippen LogP contribution in [0.25, 0.3) is 5.69 Å². The number of piperidine rings is 1. The van der Waals surface area contributed by atoms with Crippen LogP contribution in [0.15, 0.2) is 48.9 Å². The second kappa shape index (κ2) is 8.75. The van der Waals surface area contributed by atoms with E-state index < -0.39 is 0 Å². The van der Waals surface area contributed by atoms with E-state index in [9.17, 15) is 14.9 Å². The Kier molecular flexibility index (Phi) is 5.71. The van der Waals surface area contributed by atoms with Crippen LogP contribution in [-0.2, 0) is 0 Å². The fraction of sp³-hybridized carbons (Fsp3) is 0.273. The van der Waals surface area contributed by atoms with Gasteiger partial charge in [0, 0.05) is 12.2 Å². The molecular formula is C22H20N6O3. The van der Waals surface area contributed by atoms with Crippen molar-refractivity contribution in [1.29, 1.82) is 5.26 Å². The highest BCUT2D eigenvalue weighted by Crippen LogP contribution is 2.26. The number of aldehydes is 1. The zero-order valence-corrected chi connectivity index (χ0v) is 16.9. The van der Waals surface area contributed by atoms with Crippen LogP contribution in [0.5, 0.6) is 5.88 Å². The lowest BCUT2D eigenvalue weighted by molar-refractivity contribution is 0.0370. The van der Waals surface area contributed by atoms with Gasteiger partial charge in [-0.25, -0.2) is 4.98 Å². The highest BCUT2D eigenvalue weighted by Gasteiger charge is 2.32. The molecule has 0 bridgehead atoms. The molecule has 0 saturated carbocycles. The van der Waals surface area contributed by atoms with Crippen molar-refractivity contribution in [2.24, 2.45) is 0 Å². The molecule has 2 aromatic heterocycles. The van der Waals surface area contributed by atoms with Crippen LogP contribution in [-0.4, -0.2) is 55.8 Å². The molecule has 9 nitrogen and oxygen atoms in total. The van der Waals surface area contributed by atoms with Gasteiger partial charge in [-0.15, -0.1) is 0 Å². The van der Waals surface area contributed by atoms with E-state index in [1.54, 1.807) is 35.5 Å². The summed E-state index contributed by atoms with van der Waals surface area (Å²) in [6.45, 7) is 2.33. The van der Waals surface area contributed by atoms with Crippen LogP contribution < -0.4 is 4.74 Å². The van der Waals surface area contributed by atoms with E-state index in [0.29, 0.717) is 30.5 Å². The number of carbonyl (C=O) groups excluding carboxylic acids is 2. The maximum Gasteiger partial charge on any atom is 0.256 e. The summed E-state index contributed by atoms with van der Waals surface area (Å²) in [7, 11) is 0. The van der Waals surface area contributed by atoms with Crippen LogP contribution >= 0.6 is 0 Å². The Morgan fingerprint density at radius 2 is 1.97 bits per heavy atom. The molecular weight excluding hydrogens is 396 g/mol. The van der Waals surface area contributed by atoms with Crippen molar-refractivity contribution >= 4 is 12.2 Å². The number of nitrogens with zero attached hydrogens (tertiary/aromatic N) is 6. The molecule has 4 rings (SSSR count). The van der Waals surface area contributed by atoms with Gasteiger partial charge < -0.3 is 9.64 Å². The molecule has 3 aromatic rings. The van der Waals surface area contributed by atoms with Gasteiger partial charge in [-0.3, -0.25) is 9.59 Å². The second-order valence-corrected chi connectivity index (χ2v) is 7.27. The Morgan fingerprint density at radius 3 is 2.71 bits per heavy atom. The first-order valence-corrected chi connectivity index (χ1v) is 9.90. The number of nitriles is 1. The summed E-state index contributed by atoms with van der Waals surface area (Å²) in [5, 5.41) is 17.5. The van der Waals surface area contributed by atoms with E-state index in [2.05, 4.69) is 15.2 Å². The molecule has 2 atom stereocenters. The minimum absolute atomic E-state index is 0.00919. The lowest BCUT2D eigenvalue weighted by atomic mass is 9.99. The average Bonchev–Trinajstić information content (AvgIpc) is 3.34. The van der Waals surface area contributed by atoms with E-state index in [-0.39, 0.29) is 35.1 Å². The van der Waals surface area contributed by atoms with Crippen molar-refractivity contribution in [3.05, 3.63) is 65.6 Å². The van der Waals surface area contributed by atoms with E-state index >= 15 is 0 Å². The quantitative estimate of drug-likeness (QED) is 0.587. The van der Waals surface area contributed by atoms with Gasteiger partial charge >= 0.3 is 0 Å². The number of benzene rings is 1. The Hall–Kier alpha value is -4.06. The Labute approximate surface area is 178 Å². The van der Waals surface area contributed by atoms with Gasteiger partial charge in [0.15, 0.2) is 6.29 Å². The third-order valence-corrected chi connectivity index (χ3v) is 5.34. The normalized spacial score (nSPS) is 18.3. The molecule has 0 spiro atoms.